The van der Waals surface area contributed by atoms with Gasteiger partial charge in [0.2, 0.25) is 5.91 Å². The van der Waals surface area contributed by atoms with Crippen LogP contribution in [0.15, 0.2) is 67.8 Å². The summed E-state index contributed by atoms with van der Waals surface area (Å²) in [4.78, 5) is 46.0. The molecule has 5 rings (SSSR count). The zero-order chi connectivity index (χ0) is 30.2. The second-order valence-corrected chi connectivity index (χ2v) is 12.1. The molecule has 224 valence electrons. The second kappa shape index (κ2) is 11.7. The number of benzene rings is 2. The van der Waals surface area contributed by atoms with Gasteiger partial charge >= 0.3 is 5.97 Å². The molecule has 42 heavy (non-hydrogen) atoms. The Balaban J connectivity index is 1.59. The first-order valence-electron chi connectivity index (χ1n) is 15.0. The molecule has 1 spiro atoms. The van der Waals surface area contributed by atoms with E-state index in [0.717, 1.165) is 10.8 Å². The molecule has 3 aliphatic heterocycles. The number of amides is 2. The van der Waals surface area contributed by atoms with Gasteiger partial charge < -0.3 is 24.4 Å². The smallest absolute Gasteiger partial charge is 0.312 e. The Labute approximate surface area is 248 Å². The maximum atomic E-state index is 14.8. The number of fused-ring (bicyclic) bond motifs is 2. The topological polar surface area (TPSA) is 96.4 Å². The Morgan fingerprint density at radius 3 is 2.62 bits per heavy atom. The molecule has 8 heteroatoms. The zero-order valence-electron chi connectivity index (χ0n) is 24.8. The van der Waals surface area contributed by atoms with Crippen LogP contribution in [0.1, 0.15) is 46.5 Å². The number of anilines is 1. The van der Waals surface area contributed by atoms with Crippen molar-refractivity contribution in [2.75, 3.05) is 24.7 Å². The molecular formula is C34H42N2O6. The third-order valence-corrected chi connectivity index (χ3v) is 9.74. The lowest BCUT2D eigenvalue weighted by Crippen LogP contribution is -2.59. The summed E-state index contributed by atoms with van der Waals surface area (Å²) in [6.45, 7) is 13.5. The number of carbonyl (C=O) groups excluding carboxylic acids is 3. The zero-order valence-corrected chi connectivity index (χ0v) is 24.8. The first kappa shape index (κ1) is 30.0. The van der Waals surface area contributed by atoms with Crippen molar-refractivity contribution in [3.63, 3.8) is 0 Å². The van der Waals surface area contributed by atoms with Crippen LogP contribution in [0.5, 0.6) is 0 Å². The van der Waals surface area contributed by atoms with E-state index in [2.05, 4.69) is 13.2 Å². The predicted octanol–water partition coefficient (Wildman–Crippen LogP) is 4.65. The lowest BCUT2D eigenvalue weighted by molar-refractivity contribution is -0.162. The highest BCUT2D eigenvalue weighted by atomic mass is 16.6. The van der Waals surface area contributed by atoms with Crippen LogP contribution in [-0.2, 0) is 23.9 Å². The van der Waals surface area contributed by atoms with Crippen LogP contribution in [0.4, 0.5) is 5.69 Å². The third-order valence-electron chi connectivity index (χ3n) is 9.74. The number of ether oxygens (including phenoxy) is 2. The average molecular weight is 575 g/mol. The van der Waals surface area contributed by atoms with Gasteiger partial charge in [0.1, 0.15) is 17.6 Å². The molecule has 3 fully saturated rings. The number of aliphatic hydroxyl groups is 1. The molecule has 2 aromatic carbocycles. The van der Waals surface area contributed by atoms with Gasteiger partial charge in [-0.25, -0.2) is 0 Å². The summed E-state index contributed by atoms with van der Waals surface area (Å²) in [7, 11) is 0. The van der Waals surface area contributed by atoms with Gasteiger partial charge in [-0.15, -0.1) is 13.2 Å². The van der Waals surface area contributed by atoms with Crippen molar-refractivity contribution >= 4 is 34.2 Å². The van der Waals surface area contributed by atoms with Gasteiger partial charge in [0.15, 0.2) is 0 Å². The number of carbonyl (C=O) groups is 3. The Bertz CT molecular complexity index is 1390. The SMILES string of the molecule is C=CCCCOC(=O)[C@@H]1[C@H]2C(=O)N([C@@H](CC)CO)C(C(=O)N(CC=C)c3ccc4ccccc4c3)C23CC(C)[C@@]1(C)O3. The van der Waals surface area contributed by atoms with Gasteiger partial charge in [-0.2, -0.15) is 0 Å². The molecule has 1 N–H and O–H groups in total. The summed E-state index contributed by atoms with van der Waals surface area (Å²) in [6, 6.07) is 12.1. The van der Waals surface area contributed by atoms with E-state index in [1.54, 1.807) is 17.1 Å². The van der Waals surface area contributed by atoms with E-state index in [1.807, 2.05) is 63.2 Å². The molecule has 0 aliphatic carbocycles. The minimum Gasteiger partial charge on any atom is -0.465 e. The van der Waals surface area contributed by atoms with Gasteiger partial charge in [0.05, 0.1) is 30.8 Å². The quantitative estimate of drug-likeness (QED) is 0.225. The number of unbranched alkanes of at least 4 members (excludes halogenated alkanes) is 1. The molecule has 2 amide bonds. The summed E-state index contributed by atoms with van der Waals surface area (Å²) in [6.07, 6.45) is 5.65. The number of hydrogen-bond acceptors (Lipinski definition) is 6. The highest BCUT2D eigenvalue weighted by Gasteiger charge is 2.80. The first-order chi connectivity index (χ1) is 20.2. The Hall–Kier alpha value is -3.49. The van der Waals surface area contributed by atoms with E-state index in [9.17, 15) is 19.5 Å². The van der Waals surface area contributed by atoms with E-state index in [1.165, 1.54) is 4.90 Å². The molecule has 8 nitrogen and oxygen atoms in total. The number of likely N-dealkylation sites (tertiary alicyclic amines) is 1. The Morgan fingerprint density at radius 2 is 1.95 bits per heavy atom. The fraction of sp³-hybridized carbons (Fsp3) is 0.500. The van der Waals surface area contributed by atoms with E-state index in [-0.39, 0.29) is 37.5 Å². The van der Waals surface area contributed by atoms with Crippen LogP contribution in [0.2, 0.25) is 0 Å². The summed E-state index contributed by atoms with van der Waals surface area (Å²) >= 11 is 0. The molecule has 3 heterocycles. The Kier molecular flexibility index (Phi) is 8.32. The Morgan fingerprint density at radius 1 is 1.21 bits per heavy atom. The largest absolute Gasteiger partial charge is 0.465 e. The second-order valence-electron chi connectivity index (χ2n) is 12.1. The van der Waals surface area contributed by atoms with Crippen molar-refractivity contribution in [3.05, 3.63) is 67.8 Å². The van der Waals surface area contributed by atoms with Crippen molar-refractivity contribution in [3.8, 4) is 0 Å². The molecular weight excluding hydrogens is 532 g/mol. The highest BCUT2D eigenvalue weighted by Crippen LogP contribution is 2.65. The van der Waals surface area contributed by atoms with E-state index in [4.69, 9.17) is 9.47 Å². The monoisotopic (exact) mass is 574 g/mol. The maximum absolute atomic E-state index is 14.8. The molecule has 0 radical (unpaired) electrons. The van der Waals surface area contributed by atoms with Gasteiger partial charge in [-0.3, -0.25) is 14.4 Å². The molecule has 3 saturated heterocycles. The molecule has 0 saturated carbocycles. The molecule has 7 atom stereocenters. The first-order valence-corrected chi connectivity index (χ1v) is 15.0. The average Bonchev–Trinajstić information content (AvgIpc) is 3.50. The fourth-order valence-electron chi connectivity index (χ4n) is 7.56. The normalized spacial score (nSPS) is 30.3. The fourth-order valence-corrected chi connectivity index (χ4v) is 7.56. The summed E-state index contributed by atoms with van der Waals surface area (Å²) in [5, 5.41) is 12.4. The van der Waals surface area contributed by atoms with Gasteiger partial charge in [0.25, 0.3) is 5.91 Å². The lowest BCUT2D eigenvalue weighted by atomic mass is 9.62. The number of nitrogens with zero attached hydrogens (tertiary/aromatic N) is 2. The lowest BCUT2D eigenvalue weighted by Gasteiger charge is -2.39. The molecule has 2 aromatic rings. The van der Waals surface area contributed by atoms with Gasteiger partial charge in [-0.05, 0) is 61.4 Å². The van der Waals surface area contributed by atoms with Crippen LogP contribution in [0, 0.1) is 17.8 Å². The number of hydrogen-bond donors (Lipinski definition) is 1. The summed E-state index contributed by atoms with van der Waals surface area (Å²) < 4.78 is 12.5. The molecule has 0 aromatic heterocycles. The van der Waals surface area contributed by atoms with Crippen LogP contribution < -0.4 is 4.90 Å². The van der Waals surface area contributed by atoms with Crippen molar-refractivity contribution < 1.29 is 29.0 Å². The van der Waals surface area contributed by atoms with Crippen molar-refractivity contribution in [1.29, 1.82) is 0 Å². The number of esters is 1. The van der Waals surface area contributed by atoms with Crippen LogP contribution in [0.25, 0.3) is 10.8 Å². The number of rotatable bonds is 12. The number of aliphatic hydroxyl groups excluding tert-OH is 1. The minimum atomic E-state index is -1.23. The van der Waals surface area contributed by atoms with Crippen LogP contribution in [0.3, 0.4) is 0 Å². The summed E-state index contributed by atoms with van der Waals surface area (Å²) in [5.74, 6) is -2.98. The van der Waals surface area contributed by atoms with E-state index >= 15 is 0 Å². The van der Waals surface area contributed by atoms with E-state index < -0.39 is 41.1 Å². The van der Waals surface area contributed by atoms with Crippen molar-refractivity contribution in [1.82, 2.24) is 4.90 Å². The standard InChI is InChI=1S/C34H42N2O6/c1-6-9-12-18-41-32(40)28-27-30(38)36(25(8-3)21-37)29(34(27)20-22(4)33(28,5)42-34)31(39)35(17-7-2)26-16-15-23-13-10-11-14-24(23)19-26/h6-7,10-11,13-16,19,22,25,27-29,37H,1-2,8-9,12,17-18,20-21H2,3-5H3/t22?,25-,27-,28-,29?,33+,34?/m0/s1. The van der Waals surface area contributed by atoms with Gasteiger partial charge in [0, 0.05) is 12.2 Å². The van der Waals surface area contributed by atoms with Crippen molar-refractivity contribution in [2.45, 2.75) is 69.7 Å². The predicted molar refractivity (Wildman–Crippen MR) is 162 cm³/mol. The molecule has 3 aliphatic rings. The van der Waals surface area contributed by atoms with Gasteiger partial charge in [-0.1, -0.05) is 56.3 Å². The molecule has 3 unspecified atom stereocenters. The van der Waals surface area contributed by atoms with E-state index in [0.29, 0.717) is 31.4 Å². The summed E-state index contributed by atoms with van der Waals surface area (Å²) in [5.41, 5.74) is -1.52. The molecule has 2 bridgehead atoms. The minimum absolute atomic E-state index is 0.106. The number of allylic oxidation sites excluding steroid dienone is 1. The third kappa shape index (κ3) is 4.56. The van der Waals surface area contributed by atoms with Crippen LogP contribution in [-0.4, -0.2) is 70.8 Å². The van der Waals surface area contributed by atoms with Crippen molar-refractivity contribution in [2.24, 2.45) is 17.8 Å². The maximum Gasteiger partial charge on any atom is 0.312 e. The van der Waals surface area contributed by atoms with Crippen LogP contribution >= 0.6 is 0 Å². The highest BCUT2D eigenvalue weighted by molar-refractivity contribution is 6.05.